The number of nitrogens with zero attached hydrogens (tertiary/aromatic N) is 3. The Hall–Kier alpha value is -1.75. The molecule has 222 valence electrons. The summed E-state index contributed by atoms with van der Waals surface area (Å²) in [4.78, 5) is 43.6. The summed E-state index contributed by atoms with van der Waals surface area (Å²) in [7, 11) is 0. The van der Waals surface area contributed by atoms with Gasteiger partial charge in [-0.05, 0) is 36.0 Å². The first-order valence-corrected chi connectivity index (χ1v) is 17.3. The molecule has 1 aliphatic carbocycles. The van der Waals surface area contributed by atoms with Gasteiger partial charge in [0.2, 0.25) is 17.7 Å². The maximum absolute atomic E-state index is 13.8. The van der Waals surface area contributed by atoms with Gasteiger partial charge < -0.3 is 15.1 Å². The molecule has 1 aromatic rings. The Morgan fingerprint density at radius 3 is 2.45 bits per heavy atom. The van der Waals surface area contributed by atoms with Crippen molar-refractivity contribution in [3.05, 3.63) is 35.9 Å². The Labute approximate surface area is 248 Å². The minimum Gasteiger partial charge on any atom is -0.342 e. The SMILES string of the molecule is CC(C)CC(=O)N1CSC[C@H]1C(=O)N[C@@H](CSCC1CCCCC1)C(=O)N1CCN(NCc2ccccc2)CC1. The van der Waals surface area contributed by atoms with Crippen molar-refractivity contribution in [3.8, 4) is 0 Å². The molecule has 1 aromatic carbocycles. The second kappa shape index (κ2) is 16.0. The maximum atomic E-state index is 13.8. The molecule has 2 heterocycles. The summed E-state index contributed by atoms with van der Waals surface area (Å²) in [6.07, 6.45) is 6.89. The lowest BCUT2D eigenvalue weighted by molar-refractivity contribution is -0.141. The first-order valence-electron chi connectivity index (χ1n) is 15.0. The van der Waals surface area contributed by atoms with E-state index in [1.165, 1.54) is 37.7 Å². The summed E-state index contributed by atoms with van der Waals surface area (Å²) in [6, 6.07) is 9.22. The van der Waals surface area contributed by atoms with Crippen molar-refractivity contribution in [2.45, 2.75) is 71.0 Å². The molecule has 1 saturated carbocycles. The molecular formula is C30H47N5O3S2. The van der Waals surface area contributed by atoms with Crippen molar-refractivity contribution in [1.82, 2.24) is 25.6 Å². The molecule has 40 heavy (non-hydrogen) atoms. The quantitative estimate of drug-likeness (QED) is 0.386. The van der Waals surface area contributed by atoms with E-state index in [2.05, 4.69) is 27.9 Å². The third kappa shape index (κ3) is 9.39. The van der Waals surface area contributed by atoms with Gasteiger partial charge in [0, 0.05) is 50.7 Å². The van der Waals surface area contributed by atoms with E-state index in [0.717, 1.165) is 25.4 Å². The third-order valence-corrected chi connectivity index (χ3v) is 10.3. The van der Waals surface area contributed by atoms with Crippen LogP contribution in [0.5, 0.6) is 0 Å². The molecule has 0 unspecified atom stereocenters. The zero-order valence-electron chi connectivity index (χ0n) is 24.2. The standard InChI is InChI=1S/C30H47N5O3S2/c1-23(2)17-28(36)35-22-40-21-27(35)29(37)32-26(20-39-19-25-11-7-4-8-12-25)30(38)33-13-15-34(16-14-33)31-18-24-9-5-3-6-10-24/h3,5-6,9-10,23,25-27,31H,4,7-8,11-22H2,1-2H3,(H,32,37)/t26-,27-/m0/s1. The molecule has 0 bridgehead atoms. The number of nitrogens with one attached hydrogen (secondary N) is 2. The van der Waals surface area contributed by atoms with Crippen molar-refractivity contribution in [2.24, 2.45) is 11.8 Å². The van der Waals surface area contributed by atoms with E-state index in [4.69, 9.17) is 0 Å². The van der Waals surface area contributed by atoms with Gasteiger partial charge in [0.05, 0.1) is 5.88 Å². The molecular weight excluding hydrogens is 542 g/mol. The maximum Gasteiger partial charge on any atom is 0.246 e. The molecule has 8 nitrogen and oxygen atoms in total. The summed E-state index contributed by atoms with van der Waals surface area (Å²) in [5.74, 6) is 3.51. The summed E-state index contributed by atoms with van der Waals surface area (Å²) in [6.45, 7) is 7.53. The Balaban J connectivity index is 1.33. The summed E-state index contributed by atoms with van der Waals surface area (Å²) < 4.78 is 0. The lowest BCUT2D eigenvalue weighted by atomic mass is 9.91. The first-order chi connectivity index (χ1) is 19.4. The number of benzene rings is 1. The average molecular weight is 590 g/mol. The number of carbonyl (C=O) groups is 3. The molecule has 3 amide bonds. The van der Waals surface area contributed by atoms with Gasteiger partial charge in [0.25, 0.3) is 0 Å². The predicted molar refractivity (Wildman–Crippen MR) is 165 cm³/mol. The van der Waals surface area contributed by atoms with Gasteiger partial charge in [-0.2, -0.15) is 11.8 Å². The van der Waals surface area contributed by atoms with Gasteiger partial charge in [0.15, 0.2) is 0 Å². The molecule has 2 aliphatic heterocycles. The van der Waals surface area contributed by atoms with Gasteiger partial charge in [-0.25, -0.2) is 5.01 Å². The molecule has 2 N–H and O–H groups in total. The minimum atomic E-state index is -0.572. The topological polar surface area (TPSA) is 85.0 Å². The number of hydrogen-bond acceptors (Lipinski definition) is 7. The molecule has 4 rings (SSSR count). The highest BCUT2D eigenvalue weighted by molar-refractivity contribution is 7.99. The lowest BCUT2D eigenvalue weighted by Gasteiger charge is -2.37. The van der Waals surface area contributed by atoms with Crippen LogP contribution in [0.4, 0.5) is 0 Å². The van der Waals surface area contributed by atoms with Crippen LogP contribution in [0.2, 0.25) is 0 Å². The van der Waals surface area contributed by atoms with E-state index in [-0.39, 0.29) is 23.6 Å². The fraction of sp³-hybridized carbons (Fsp3) is 0.700. The van der Waals surface area contributed by atoms with E-state index in [1.54, 1.807) is 28.4 Å². The van der Waals surface area contributed by atoms with Crippen LogP contribution in [0.15, 0.2) is 30.3 Å². The monoisotopic (exact) mass is 589 g/mol. The van der Waals surface area contributed by atoms with Crippen molar-refractivity contribution in [2.75, 3.05) is 49.3 Å². The largest absolute Gasteiger partial charge is 0.342 e. The normalized spacial score (nSPS) is 21.5. The highest BCUT2D eigenvalue weighted by Gasteiger charge is 2.37. The van der Waals surface area contributed by atoms with Crippen molar-refractivity contribution in [3.63, 3.8) is 0 Å². The Kier molecular flexibility index (Phi) is 12.5. The lowest BCUT2D eigenvalue weighted by Crippen LogP contribution is -2.59. The minimum absolute atomic E-state index is 0.00193. The molecule has 3 fully saturated rings. The van der Waals surface area contributed by atoms with E-state index in [9.17, 15) is 14.4 Å². The fourth-order valence-electron chi connectivity index (χ4n) is 5.63. The summed E-state index contributed by atoms with van der Waals surface area (Å²) in [5, 5.41) is 5.28. The number of thioether (sulfide) groups is 2. The van der Waals surface area contributed by atoms with Gasteiger partial charge in [0.1, 0.15) is 12.1 Å². The molecule has 2 atom stereocenters. The van der Waals surface area contributed by atoms with Gasteiger partial charge in [-0.15, -0.1) is 11.8 Å². The zero-order valence-corrected chi connectivity index (χ0v) is 25.8. The highest BCUT2D eigenvalue weighted by Crippen LogP contribution is 2.27. The molecule has 3 aliphatic rings. The number of rotatable bonds is 12. The highest BCUT2D eigenvalue weighted by atomic mass is 32.2. The van der Waals surface area contributed by atoms with E-state index in [1.807, 2.05) is 36.9 Å². The summed E-state index contributed by atoms with van der Waals surface area (Å²) >= 11 is 3.40. The number of carbonyl (C=O) groups excluding carboxylic acids is 3. The van der Waals surface area contributed by atoms with Crippen LogP contribution in [0, 0.1) is 11.8 Å². The van der Waals surface area contributed by atoms with Crippen LogP contribution in [0.3, 0.4) is 0 Å². The predicted octanol–water partition coefficient (Wildman–Crippen LogP) is 3.58. The van der Waals surface area contributed by atoms with Crippen LogP contribution in [0.25, 0.3) is 0 Å². The second-order valence-corrected chi connectivity index (χ2v) is 13.8. The Bertz CT molecular complexity index is 952. The van der Waals surface area contributed by atoms with Gasteiger partial charge in [-0.3, -0.25) is 19.8 Å². The van der Waals surface area contributed by atoms with Gasteiger partial charge in [-0.1, -0.05) is 63.4 Å². The van der Waals surface area contributed by atoms with Crippen molar-refractivity contribution >= 4 is 41.2 Å². The molecule has 10 heteroatoms. The Morgan fingerprint density at radius 1 is 1.02 bits per heavy atom. The van der Waals surface area contributed by atoms with Crippen LogP contribution >= 0.6 is 23.5 Å². The van der Waals surface area contributed by atoms with Crippen molar-refractivity contribution < 1.29 is 14.4 Å². The summed E-state index contributed by atoms with van der Waals surface area (Å²) in [5.41, 5.74) is 4.70. The van der Waals surface area contributed by atoms with Crippen LogP contribution in [0.1, 0.15) is 57.9 Å². The molecule has 2 saturated heterocycles. The van der Waals surface area contributed by atoms with Crippen LogP contribution in [-0.4, -0.2) is 93.9 Å². The Morgan fingerprint density at radius 2 is 1.75 bits per heavy atom. The van der Waals surface area contributed by atoms with E-state index in [0.29, 0.717) is 42.8 Å². The molecule has 0 radical (unpaired) electrons. The fourth-order valence-corrected chi connectivity index (χ4v) is 8.07. The number of amides is 3. The number of piperazine rings is 1. The van der Waals surface area contributed by atoms with Gasteiger partial charge >= 0.3 is 0 Å². The van der Waals surface area contributed by atoms with Crippen LogP contribution in [-0.2, 0) is 20.9 Å². The first kappa shape index (κ1) is 31.2. The second-order valence-electron chi connectivity index (χ2n) is 11.7. The van der Waals surface area contributed by atoms with E-state index < -0.39 is 12.1 Å². The van der Waals surface area contributed by atoms with Crippen molar-refractivity contribution in [1.29, 1.82) is 0 Å². The van der Waals surface area contributed by atoms with E-state index >= 15 is 0 Å². The molecule has 0 aromatic heterocycles. The zero-order chi connectivity index (χ0) is 28.3. The number of hydrogen-bond donors (Lipinski definition) is 2. The average Bonchev–Trinajstić information content (AvgIpc) is 3.47. The van der Waals surface area contributed by atoms with Crippen LogP contribution < -0.4 is 10.7 Å². The number of hydrazine groups is 1. The molecule has 0 spiro atoms. The third-order valence-electron chi connectivity index (χ3n) is 8.01. The smallest absolute Gasteiger partial charge is 0.246 e.